The van der Waals surface area contributed by atoms with Crippen LogP contribution in [0.2, 0.25) is 0 Å². The molecule has 0 bridgehead atoms. The molecule has 0 aliphatic heterocycles. The van der Waals surface area contributed by atoms with E-state index in [4.69, 9.17) is 14.5 Å². The molecule has 2 heterocycles. The topological polar surface area (TPSA) is 49.2 Å². The van der Waals surface area contributed by atoms with Crippen LogP contribution in [0.1, 0.15) is 5.56 Å². The van der Waals surface area contributed by atoms with Crippen molar-refractivity contribution >= 4 is 23.6 Å². The van der Waals surface area contributed by atoms with E-state index in [1.54, 1.807) is 20.4 Å². The van der Waals surface area contributed by atoms with Crippen molar-refractivity contribution in [3.63, 3.8) is 0 Å². The molecule has 4 aromatic rings. The summed E-state index contributed by atoms with van der Waals surface area (Å²) in [6, 6.07) is 19.9. The van der Waals surface area contributed by atoms with E-state index in [0.717, 1.165) is 28.3 Å². The molecule has 138 valence electrons. The maximum absolute atomic E-state index is 5.59. The van der Waals surface area contributed by atoms with E-state index >= 15 is 0 Å². The Bertz CT molecular complexity index is 1050. The van der Waals surface area contributed by atoms with Crippen molar-refractivity contribution < 1.29 is 9.47 Å². The molecule has 0 radical (unpaired) electrons. The lowest BCUT2D eigenvalue weighted by atomic mass is 10.1. The largest absolute Gasteiger partial charge is 0.497 e. The SMILES string of the molecule is COc1ccc(-c2nc3cccnc3n2Cc2ccccc2)c(OC)c1.Cl. The van der Waals surface area contributed by atoms with E-state index in [2.05, 4.69) is 21.7 Å². The van der Waals surface area contributed by atoms with Crippen LogP contribution in [0.15, 0.2) is 66.9 Å². The molecule has 2 aromatic heterocycles. The zero-order valence-corrected chi connectivity index (χ0v) is 15.9. The van der Waals surface area contributed by atoms with Crippen LogP contribution in [0.25, 0.3) is 22.6 Å². The molecule has 0 saturated carbocycles. The lowest BCUT2D eigenvalue weighted by molar-refractivity contribution is 0.395. The van der Waals surface area contributed by atoms with Gasteiger partial charge >= 0.3 is 0 Å². The fourth-order valence-corrected chi connectivity index (χ4v) is 3.06. The number of pyridine rings is 1. The first kappa shape index (κ1) is 18.7. The zero-order chi connectivity index (χ0) is 17.9. The second kappa shape index (κ2) is 8.10. The summed E-state index contributed by atoms with van der Waals surface area (Å²) in [5, 5.41) is 0. The fraction of sp³-hybridized carbons (Fsp3) is 0.143. The molecule has 2 aromatic carbocycles. The van der Waals surface area contributed by atoms with Gasteiger partial charge in [0, 0.05) is 12.3 Å². The quantitative estimate of drug-likeness (QED) is 0.507. The van der Waals surface area contributed by atoms with Gasteiger partial charge in [-0.25, -0.2) is 9.97 Å². The monoisotopic (exact) mass is 381 g/mol. The maximum atomic E-state index is 5.59. The number of halogens is 1. The van der Waals surface area contributed by atoms with E-state index in [1.165, 1.54) is 5.56 Å². The first-order valence-corrected chi connectivity index (χ1v) is 8.37. The summed E-state index contributed by atoms with van der Waals surface area (Å²) in [6.45, 7) is 0.679. The van der Waals surface area contributed by atoms with Crippen molar-refractivity contribution in [2.75, 3.05) is 14.2 Å². The molecule has 6 heteroatoms. The Balaban J connectivity index is 0.00000210. The van der Waals surface area contributed by atoms with Crippen molar-refractivity contribution in [1.29, 1.82) is 0 Å². The number of imidazole rings is 1. The summed E-state index contributed by atoms with van der Waals surface area (Å²) in [5.41, 5.74) is 3.80. The molecule has 0 unspecified atom stereocenters. The third kappa shape index (κ3) is 3.59. The predicted molar refractivity (Wildman–Crippen MR) is 109 cm³/mol. The minimum atomic E-state index is 0. The number of benzene rings is 2. The molecule has 0 aliphatic rings. The van der Waals surface area contributed by atoms with Crippen LogP contribution >= 0.6 is 12.4 Å². The maximum Gasteiger partial charge on any atom is 0.160 e. The highest BCUT2D eigenvalue weighted by molar-refractivity contribution is 5.85. The van der Waals surface area contributed by atoms with Crippen LogP contribution in [0.4, 0.5) is 0 Å². The Morgan fingerprint density at radius 1 is 0.926 bits per heavy atom. The molecule has 0 atom stereocenters. The number of rotatable bonds is 5. The van der Waals surface area contributed by atoms with Crippen LogP contribution in [0.5, 0.6) is 11.5 Å². The first-order chi connectivity index (χ1) is 12.8. The summed E-state index contributed by atoms with van der Waals surface area (Å²) in [7, 11) is 3.30. The van der Waals surface area contributed by atoms with Gasteiger partial charge in [0.2, 0.25) is 0 Å². The molecule has 27 heavy (non-hydrogen) atoms. The van der Waals surface area contributed by atoms with E-state index in [9.17, 15) is 0 Å². The number of aromatic nitrogens is 3. The molecule has 5 nitrogen and oxygen atoms in total. The minimum absolute atomic E-state index is 0. The van der Waals surface area contributed by atoms with Gasteiger partial charge in [0.05, 0.1) is 26.3 Å². The average molecular weight is 382 g/mol. The highest BCUT2D eigenvalue weighted by Gasteiger charge is 2.17. The predicted octanol–water partition coefficient (Wildman–Crippen LogP) is 4.59. The third-order valence-corrected chi connectivity index (χ3v) is 4.34. The molecule has 4 rings (SSSR count). The Morgan fingerprint density at radius 2 is 1.74 bits per heavy atom. The minimum Gasteiger partial charge on any atom is -0.497 e. The Labute approximate surface area is 164 Å². The lowest BCUT2D eigenvalue weighted by Gasteiger charge is -2.13. The first-order valence-electron chi connectivity index (χ1n) is 8.37. The molecule has 0 saturated heterocycles. The van der Waals surface area contributed by atoms with Gasteiger partial charge in [-0.2, -0.15) is 0 Å². The van der Waals surface area contributed by atoms with Crippen molar-refractivity contribution in [3.05, 3.63) is 72.4 Å². The zero-order valence-electron chi connectivity index (χ0n) is 15.1. The molecule has 0 aliphatic carbocycles. The van der Waals surface area contributed by atoms with Gasteiger partial charge in [0.1, 0.15) is 22.8 Å². The second-order valence-corrected chi connectivity index (χ2v) is 5.92. The van der Waals surface area contributed by atoms with E-state index in [-0.39, 0.29) is 12.4 Å². The highest BCUT2D eigenvalue weighted by atomic mass is 35.5. The average Bonchev–Trinajstić information content (AvgIpc) is 3.06. The van der Waals surface area contributed by atoms with Gasteiger partial charge in [0.25, 0.3) is 0 Å². The fourth-order valence-electron chi connectivity index (χ4n) is 3.06. The van der Waals surface area contributed by atoms with Crippen molar-refractivity contribution in [1.82, 2.24) is 14.5 Å². The molecule has 0 spiro atoms. The number of methoxy groups -OCH3 is 2. The van der Waals surface area contributed by atoms with Gasteiger partial charge < -0.3 is 14.0 Å². The molecular weight excluding hydrogens is 362 g/mol. The molecule has 0 N–H and O–H groups in total. The summed E-state index contributed by atoms with van der Waals surface area (Å²) in [5.74, 6) is 2.28. The number of nitrogens with zero attached hydrogens (tertiary/aromatic N) is 3. The summed E-state index contributed by atoms with van der Waals surface area (Å²) >= 11 is 0. The standard InChI is InChI=1S/C21H19N3O2.ClH/c1-25-16-10-11-17(19(13-16)26-2)20-23-18-9-6-12-22-21(18)24(20)14-15-7-4-3-5-8-15;/h3-13H,14H2,1-2H3;1H. The number of hydrogen-bond donors (Lipinski definition) is 0. The van der Waals surface area contributed by atoms with Crippen molar-refractivity contribution in [3.8, 4) is 22.9 Å². The molecule has 0 fully saturated rings. The van der Waals surface area contributed by atoms with E-state index in [1.807, 2.05) is 48.5 Å². The van der Waals surface area contributed by atoms with Gasteiger partial charge in [-0.3, -0.25) is 0 Å². The van der Waals surface area contributed by atoms with Gasteiger partial charge in [0.15, 0.2) is 5.65 Å². The van der Waals surface area contributed by atoms with Crippen LogP contribution in [0.3, 0.4) is 0 Å². The van der Waals surface area contributed by atoms with Gasteiger partial charge in [-0.1, -0.05) is 30.3 Å². The Hall–Kier alpha value is -3.05. The Kier molecular flexibility index (Phi) is 5.62. The summed E-state index contributed by atoms with van der Waals surface area (Å²) in [6.07, 6.45) is 1.79. The number of hydrogen-bond acceptors (Lipinski definition) is 4. The molecule has 0 amide bonds. The smallest absolute Gasteiger partial charge is 0.160 e. The highest BCUT2D eigenvalue weighted by Crippen LogP contribution is 2.34. The second-order valence-electron chi connectivity index (χ2n) is 5.92. The van der Waals surface area contributed by atoms with Crippen molar-refractivity contribution in [2.24, 2.45) is 0 Å². The van der Waals surface area contributed by atoms with Crippen LogP contribution in [0, 0.1) is 0 Å². The molecular formula is C21H20ClN3O2. The normalized spacial score (nSPS) is 10.4. The number of fused-ring (bicyclic) bond motifs is 1. The lowest BCUT2D eigenvalue weighted by Crippen LogP contribution is -2.04. The third-order valence-electron chi connectivity index (χ3n) is 4.34. The van der Waals surface area contributed by atoms with Crippen molar-refractivity contribution in [2.45, 2.75) is 6.54 Å². The summed E-state index contributed by atoms with van der Waals surface area (Å²) in [4.78, 5) is 9.37. The van der Waals surface area contributed by atoms with Crippen LogP contribution in [-0.4, -0.2) is 28.8 Å². The van der Waals surface area contributed by atoms with E-state index in [0.29, 0.717) is 12.3 Å². The van der Waals surface area contributed by atoms with Gasteiger partial charge in [-0.15, -0.1) is 12.4 Å². The van der Waals surface area contributed by atoms with Gasteiger partial charge in [-0.05, 0) is 29.8 Å². The van der Waals surface area contributed by atoms with Crippen LogP contribution < -0.4 is 9.47 Å². The Morgan fingerprint density at radius 3 is 2.48 bits per heavy atom. The summed E-state index contributed by atoms with van der Waals surface area (Å²) < 4.78 is 13.0. The number of ether oxygens (including phenoxy) is 2. The van der Waals surface area contributed by atoms with E-state index < -0.39 is 0 Å². The van der Waals surface area contributed by atoms with Crippen LogP contribution in [-0.2, 0) is 6.54 Å².